The molecular weight excluding hydrogens is 219 g/mol. The molecule has 0 radical (unpaired) electrons. The molecule has 1 rings (SSSR count). The summed E-state index contributed by atoms with van der Waals surface area (Å²) in [6.07, 6.45) is 0.472. The monoisotopic (exact) mass is 234 g/mol. The van der Waals surface area contributed by atoms with Crippen LogP contribution in [0.3, 0.4) is 0 Å². The zero-order valence-corrected chi connectivity index (χ0v) is 10.2. The van der Waals surface area contributed by atoms with E-state index in [0.717, 1.165) is 0 Å². The Hall–Kier alpha value is -1.89. The Morgan fingerprint density at radius 3 is 2.71 bits per heavy atom. The number of carbonyl (C=O) groups is 1. The van der Waals surface area contributed by atoms with Crippen LogP contribution < -0.4 is 4.90 Å². The molecule has 1 amide bonds. The van der Waals surface area contributed by atoms with Crippen molar-refractivity contribution in [1.29, 1.82) is 5.26 Å². The van der Waals surface area contributed by atoms with Crippen LogP contribution >= 0.6 is 0 Å². The molecule has 1 aromatic rings. The highest BCUT2D eigenvalue weighted by Gasteiger charge is 2.21. The quantitative estimate of drug-likeness (QED) is 0.807. The summed E-state index contributed by atoms with van der Waals surface area (Å²) < 4.78 is 13.1. The smallest absolute Gasteiger partial charge is 0.244 e. The Morgan fingerprint density at radius 2 is 2.24 bits per heavy atom. The second-order valence-corrected chi connectivity index (χ2v) is 3.92. The van der Waals surface area contributed by atoms with Crippen molar-refractivity contribution >= 4 is 11.6 Å². The molecule has 0 bridgehead atoms. The summed E-state index contributed by atoms with van der Waals surface area (Å²) in [7, 11) is 1.59. The lowest BCUT2D eigenvalue weighted by Crippen LogP contribution is -2.32. The third-order valence-electron chi connectivity index (χ3n) is 2.72. The summed E-state index contributed by atoms with van der Waals surface area (Å²) in [5, 5.41) is 8.83. The second-order valence-electron chi connectivity index (χ2n) is 3.92. The summed E-state index contributed by atoms with van der Waals surface area (Å²) in [5.41, 5.74) is 1.08. The zero-order chi connectivity index (χ0) is 13.0. The number of amides is 1. The van der Waals surface area contributed by atoms with Crippen molar-refractivity contribution in [3.8, 4) is 6.07 Å². The van der Waals surface area contributed by atoms with E-state index in [2.05, 4.69) is 0 Å². The first-order valence-electron chi connectivity index (χ1n) is 5.44. The van der Waals surface area contributed by atoms with Crippen molar-refractivity contribution in [3.05, 3.63) is 29.6 Å². The Kier molecular flexibility index (Phi) is 4.22. The first kappa shape index (κ1) is 13.2. The third-order valence-corrected chi connectivity index (χ3v) is 2.72. The maximum Gasteiger partial charge on any atom is 0.244 e. The fourth-order valence-corrected chi connectivity index (χ4v) is 1.52. The van der Waals surface area contributed by atoms with Crippen LogP contribution in [0.25, 0.3) is 0 Å². The summed E-state index contributed by atoms with van der Waals surface area (Å²) in [6, 6.07) is 6.41. The lowest BCUT2D eigenvalue weighted by atomic mass is 10.1. The Bertz CT molecular complexity index is 465. The van der Waals surface area contributed by atoms with Crippen LogP contribution in [0.4, 0.5) is 10.1 Å². The van der Waals surface area contributed by atoms with Gasteiger partial charge in [-0.15, -0.1) is 0 Å². The van der Waals surface area contributed by atoms with Crippen LogP contribution in [0, 0.1) is 30.0 Å². The molecule has 17 heavy (non-hydrogen) atoms. The molecule has 0 aliphatic heterocycles. The van der Waals surface area contributed by atoms with Gasteiger partial charge in [0.15, 0.2) is 0 Å². The third kappa shape index (κ3) is 2.82. The molecule has 0 aliphatic rings. The van der Waals surface area contributed by atoms with E-state index in [1.54, 1.807) is 27.0 Å². The van der Waals surface area contributed by atoms with Crippen molar-refractivity contribution in [2.45, 2.75) is 20.3 Å². The van der Waals surface area contributed by atoms with Crippen LogP contribution in [0.5, 0.6) is 0 Å². The van der Waals surface area contributed by atoms with E-state index in [1.165, 1.54) is 17.0 Å². The van der Waals surface area contributed by atoms with Gasteiger partial charge in [-0.25, -0.2) is 4.39 Å². The van der Waals surface area contributed by atoms with Gasteiger partial charge in [-0.1, -0.05) is 6.92 Å². The fourth-order valence-electron chi connectivity index (χ4n) is 1.52. The van der Waals surface area contributed by atoms with Crippen LogP contribution in [0.15, 0.2) is 18.2 Å². The number of hydrogen-bond donors (Lipinski definition) is 0. The van der Waals surface area contributed by atoms with Crippen molar-refractivity contribution in [1.82, 2.24) is 0 Å². The van der Waals surface area contributed by atoms with Gasteiger partial charge in [0.25, 0.3) is 0 Å². The number of carbonyl (C=O) groups excluding carboxylic acids is 1. The predicted molar refractivity (Wildman–Crippen MR) is 63.9 cm³/mol. The number of halogens is 1. The zero-order valence-electron chi connectivity index (χ0n) is 10.2. The van der Waals surface area contributed by atoms with Crippen LogP contribution in [0.2, 0.25) is 0 Å². The molecule has 0 heterocycles. The van der Waals surface area contributed by atoms with E-state index in [-0.39, 0.29) is 11.7 Å². The van der Waals surface area contributed by atoms with Gasteiger partial charge in [0.05, 0.1) is 6.07 Å². The van der Waals surface area contributed by atoms with Gasteiger partial charge in [-0.3, -0.25) is 4.79 Å². The van der Waals surface area contributed by atoms with Gasteiger partial charge in [0.1, 0.15) is 11.7 Å². The van der Waals surface area contributed by atoms with Gasteiger partial charge in [0, 0.05) is 12.7 Å². The standard InChI is InChI=1S/C13H15FN2O/c1-4-10(8-15)13(17)16(3)11-5-6-12(14)9(2)7-11/h5-7,10H,4H2,1-3H3. The minimum atomic E-state index is -0.648. The number of nitriles is 1. The maximum atomic E-state index is 13.1. The highest BCUT2D eigenvalue weighted by Crippen LogP contribution is 2.19. The number of aryl methyl sites for hydroxylation is 1. The minimum absolute atomic E-state index is 0.263. The van der Waals surface area contributed by atoms with Crippen molar-refractivity contribution in [2.75, 3.05) is 11.9 Å². The van der Waals surface area contributed by atoms with Gasteiger partial charge in [0.2, 0.25) is 5.91 Å². The molecule has 0 spiro atoms. The van der Waals surface area contributed by atoms with Gasteiger partial charge in [-0.2, -0.15) is 5.26 Å². The summed E-state index contributed by atoms with van der Waals surface area (Å²) in [4.78, 5) is 13.3. The molecule has 90 valence electrons. The van der Waals surface area contributed by atoms with Gasteiger partial charge < -0.3 is 4.90 Å². The lowest BCUT2D eigenvalue weighted by molar-refractivity contribution is -0.120. The molecule has 0 saturated carbocycles. The highest BCUT2D eigenvalue weighted by molar-refractivity contribution is 5.96. The van der Waals surface area contributed by atoms with Gasteiger partial charge in [-0.05, 0) is 37.1 Å². The molecule has 1 unspecified atom stereocenters. The van der Waals surface area contributed by atoms with E-state index < -0.39 is 5.92 Å². The topological polar surface area (TPSA) is 44.1 Å². The van der Waals surface area contributed by atoms with E-state index in [4.69, 9.17) is 5.26 Å². The molecular formula is C13H15FN2O. The normalized spacial score (nSPS) is 11.7. The Balaban J connectivity index is 2.97. The Labute approximate surface area is 100 Å². The molecule has 0 aliphatic carbocycles. The summed E-state index contributed by atoms with van der Waals surface area (Å²) >= 11 is 0. The number of benzene rings is 1. The molecule has 0 N–H and O–H groups in total. The predicted octanol–water partition coefficient (Wildman–Crippen LogP) is 2.65. The number of nitrogens with zero attached hydrogens (tertiary/aromatic N) is 2. The fraction of sp³-hybridized carbons (Fsp3) is 0.385. The molecule has 1 atom stereocenters. The Morgan fingerprint density at radius 1 is 1.59 bits per heavy atom. The number of rotatable bonds is 3. The lowest BCUT2D eigenvalue weighted by Gasteiger charge is -2.20. The van der Waals surface area contributed by atoms with E-state index in [1.807, 2.05) is 6.07 Å². The van der Waals surface area contributed by atoms with Crippen LogP contribution in [-0.2, 0) is 4.79 Å². The molecule has 1 aromatic carbocycles. The number of anilines is 1. The number of hydrogen-bond acceptors (Lipinski definition) is 2. The summed E-state index contributed by atoms with van der Waals surface area (Å²) in [6.45, 7) is 3.42. The van der Waals surface area contributed by atoms with Crippen molar-refractivity contribution in [2.24, 2.45) is 5.92 Å². The van der Waals surface area contributed by atoms with Crippen LogP contribution in [0.1, 0.15) is 18.9 Å². The first-order chi connectivity index (χ1) is 8.01. The van der Waals surface area contributed by atoms with Crippen molar-refractivity contribution < 1.29 is 9.18 Å². The maximum absolute atomic E-state index is 13.1. The average Bonchev–Trinajstić information content (AvgIpc) is 2.33. The molecule has 0 aromatic heterocycles. The van der Waals surface area contributed by atoms with E-state index in [9.17, 15) is 9.18 Å². The second kappa shape index (κ2) is 5.44. The summed E-state index contributed by atoms with van der Waals surface area (Å²) in [5.74, 6) is -1.21. The van der Waals surface area contributed by atoms with Crippen LogP contribution in [-0.4, -0.2) is 13.0 Å². The minimum Gasteiger partial charge on any atom is -0.314 e. The van der Waals surface area contributed by atoms with E-state index >= 15 is 0 Å². The first-order valence-corrected chi connectivity index (χ1v) is 5.44. The largest absolute Gasteiger partial charge is 0.314 e. The SMILES string of the molecule is CCC(C#N)C(=O)N(C)c1ccc(F)c(C)c1. The molecule has 0 fully saturated rings. The molecule has 4 heteroatoms. The molecule has 3 nitrogen and oxygen atoms in total. The average molecular weight is 234 g/mol. The molecule has 0 saturated heterocycles. The van der Waals surface area contributed by atoms with Gasteiger partial charge >= 0.3 is 0 Å². The van der Waals surface area contributed by atoms with E-state index in [0.29, 0.717) is 17.7 Å². The van der Waals surface area contributed by atoms with Crippen molar-refractivity contribution in [3.63, 3.8) is 0 Å². The highest BCUT2D eigenvalue weighted by atomic mass is 19.1.